The Balaban J connectivity index is 0. The van der Waals surface area contributed by atoms with Crippen molar-refractivity contribution in [1.29, 1.82) is 0 Å². The van der Waals surface area contributed by atoms with Crippen LogP contribution in [0.3, 0.4) is 0 Å². The van der Waals surface area contributed by atoms with Gasteiger partial charge in [0.1, 0.15) is 0 Å². The van der Waals surface area contributed by atoms with E-state index < -0.39 is 28.6 Å². The van der Waals surface area contributed by atoms with Crippen molar-refractivity contribution in [2.45, 2.75) is 41.5 Å². The van der Waals surface area contributed by atoms with Crippen molar-refractivity contribution in [3.63, 3.8) is 0 Å². The first-order valence-electron chi connectivity index (χ1n) is 4.77. The Hall–Kier alpha value is -0.476. The molecule has 0 amide bonds. The number of Topliss-reactive ketones (excluding diaryl/α,β-unsaturated/α-hetero) is 1. The van der Waals surface area contributed by atoms with E-state index in [9.17, 15) is 14.4 Å². The minimum Gasteiger partial charge on any atom is -0.387 e. The Labute approximate surface area is 111 Å². The average Bonchev–Trinajstić information content (AvgIpc) is 1.99. The van der Waals surface area contributed by atoms with E-state index in [4.69, 9.17) is 0 Å². The molecule has 0 unspecified atom stereocenters. The molecule has 0 aromatic rings. The molecule has 0 N–H and O–H groups in total. The molecule has 90 valence electrons. The van der Waals surface area contributed by atoms with E-state index in [-0.39, 0.29) is 21.7 Å². The number of hydrogen-bond acceptors (Lipinski definition) is 4. The van der Waals surface area contributed by atoms with Gasteiger partial charge in [-0.25, -0.2) is 4.79 Å². The average molecular weight is 262 g/mol. The van der Waals surface area contributed by atoms with Crippen molar-refractivity contribution in [3.8, 4) is 0 Å². The molecule has 0 atom stereocenters. The van der Waals surface area contributed by atoms with E-state index >= 15 is 0 Å². The van der Waals surface area contributed by atoms with Gasteiger partial charge < -0.3 is 4.74 Å². The SMILES string of the molecule is CC(C)(C)C(=O)OC(=O)C(=O)C(C)(C)C.[Ti]. The summed E-state index contributed by atoms with van der Waals surface area (Å²) in [7, 11) is 0. The second kappa shape index (κ2) is 5.73. The summed E-state index contributed by atoms with van der Waals surface area (Å²) >= 11 is 0. The van der Waals surface area contributed by atoms with E-state index in [0.29, 0.717) is 0 Å². The van der Waals surface area contributed by atoms with Gasteiger partial charge >= 0.3 is 11.9 Å². The summed E-state index contributed by atoms with van der Waals surface area (Å²) in [6.45, 7) is 9.63. The van der Waals surface area contributed by atoms with Crippen molar-refractivity contribution in [2.24, 2.45) is 10.8 Å². The molecule has 0 rings (SSSR count). The fourth-order valence-electron chi connectivity index (χ4n) is 0.590. The number of carbonyl (C=O) groups is 3. The fourth-order valence-corrected chi connectivity index (χ4v) is 0.590. The fraction of sp³-hybridized carbons (Fsp3) is 0.727. The zero-order valence-electron chi connectivity index (χ0n) is 10.6. The molecule has 4 nitrogen and oxygen atoms in total. The van der Waals surface area contributed by atoms with Crippen LogP contribution in [0.15, 0.2) is 0 Å². The summed E-state index contributed by atoms with van der Waals surface area (Å²) in [5.74, 6) is -2.47. The Bertz CT molecular complexity index is 294. The molecule has 0 fully saturated rings. The van der Waals surface area contributed by atoms with Crippen LogP contribution in [0.25, 0.3) is 0 Å². The quantitative estimate of drug-likeness (QED) is 0.312. The zero-order valence-corrected chi connectivity index (χ0v) is 12.2. The molecule has 0 aliphatic carbocycles. The summed E-state index contributed by atoms with van der Waals surface area (Å²) < 4.78 is 4.48. The van der Waals surface area contributed by atoms with Crippen LogP contribution in [0, 0.1) is 10.8 Å². The van der Waals surface area contributed by atoms with Gasteiger partial charge in [-0.1, -0.05) is 20.8 Å². The van der Waals surface area contributed by atoms with Crippen LogP contribution >= 0.6 is 0 Å². The molecule has 0 aliphatic rings. The molecule has 0 aromatic carbocycles. The summed E-state index contributed by atoms with van der Waals surface area (Å²) in [5.41, 5.74) is -1.61. The van der Waals surface area contributed by atoms with E-state index in [0.717, 1.165) is 0 Å². The summed E-state index contributed by atoms with van der Waals surface area (Å²) in [5, 5.41) is 0. The minimum absolute atomic E-state index is 0. The number of rotatable bonds is 1. The van der Waals surface area contributed by atoms with E-state index in [1.807, 2.05) is 0 Å². The summed E-state index contributed by atoms with van der Waals surface area (Å²) in [6, 6.07) is 0. The number of ether oxygens (including phenoxy) is 1. The van der Waals surface area contributed by atoms with Crippen molar-refractivity contribution in [3.05, 3.63) is 0 Å². The largest absolute Gasteiger partial charge is 0.387 e. The molecule has 16 heavy (non-hydrogen) atoms. The van der Waals surface area contributed by atoms with E-state index in [1.165, 1.54) is 0 Å². The molecular formula is C11H18O4Ti. The van der Waals surface area contributed by atoms with Gasteiger partial charge in [-0.3, -0.25) is 9.59 Å². The third kappa shape index (κ3) is 5.57. The van der Waals surface area contributed by atoms with Gasteiger partial charge in [0.05, 0.1) is 5.41 Å². The van der Waals surface area contributed by atoms with Gasteiger partial charge in [-0.2, -0.15) is 0 Å². The van der Waals surface area contributed by atoms with Crippen molar-refractivity contribution < 1.29 is 40.8 Å². The summed E-state index contributed by atoms with van der Waals surface area (Å²) in [6.07, 6.45) is 0. The third-order valence-corrected chi connectivity index (χ3v) is 1.66. The second-order valence-corrected chi connectivity index (χ2v) is 5.51. The second-order valence-electron chi connectivity index (χ2n) is 5.51. The first kappa shape index (κ1) is 17.9. The number of esters is 2. The van der Waals surface area contributed by atoms with Gasteiger partial charge in [-0.15, -0.1) is 0 Å². The van der Waals surface area contributed by atoms with Crippen LogP contribution in [-0.4, -0.2) is 17.7 Å². The molecular weight excluding hydrogens is 244 g/mol. The molecule has 0 aliphatic heterocycles. The Morgan fingerprint density at radius 1 is 0.812 bits per heavy atom. The van der Waals surface area contributed by atoms with Crippen LogP contribution in [0.5, 0.6) is 0 Å². The van der Waals surface area contributed by atoms with Crippen molar-refractivity contribution in [2.75, 3.05) is 0 Å². The molecule has 5 heteroatoms. The molecule has 0 bridgehead atoms. The third-order valence-electron chi connectivity index (χ3n) is 1.66. The minimum atomic E-state index is -1.08. The molecule has 0 heterocycles. The van der Waals surface area contributed by atoms with Crippen LogP contribution in [0.1, 0.15) is 41.5 Å². The number of ketones is 1. The van der Waals surface area contributed by atoms with Crippen LogP contribution in [-0.2, 0) is 40.8 Å². The Morgan fingerprint density at radius 3 is 1.44 bits per heavy atom. The predicted molar refractivity (Wildman–Crippen MR) is 55.0 cm³/mol. The maximum atomic E-state index is 11.4. The van der Waals surface area contributed by atoms with Gasteiger partial charge in [0.2, 0.25) is 5.78 Å². The van der Waals surface area contributed by atoms with Crippen molar-refractivity contribution in [1.82, 2.24) is 0 Å². The topological polar surface area (TPSA) is 60.4 Å². The maximum Gasteiger partial charge on any atom is 0.382 e. The van der Waals surface area contributed by atoms with E-state index in [2.05, 4.69) is 4.74 Å². The maximum absolute atomic E-state index is 11.4. The first-order valence-corrected chi connectivity index (χ1v) is 4.77. The summed E-state index contributed by atoms with van der Waals surface area (Å²) in [4.78, 5) is 34.0. The standard InChI is InChI=1S/C11H18O4.Ti/c1-10(2,3)7(12)8(13)15-9(14)11(4,5)6;/h1-6H3;. The molecule has 0 spiro atoms. The smallest absolute Gasteiger partial charge is 0.382 e. The van der Waals surface area contributed by atoms with Gasteiger partial charge in [0.15, 0.2) is 0 Å². The zero-order chi connectivity index (χ0) is 12.4. The van der Waals surface area contributed by atoms with Crippen LogP contribution in [0.4, 0.5) is 0 Å². The van der Waals surface area contributed by atoms with Crippen molar-refractivity contribution >= 4 is 17.7 Å². The molecule has 0 aromatic heterocycles. The molecule has 0 saturated carbocycles. The predicted octanol–water partition coefficient (Wildman–Crippen LogP) is 1.71. The van der Waals surface area contributed by atoms with Gasteiger partial charge in [-0.05, 0) is 20.8 Å². The van der Waals surface area contributed by atoms with Crippen LogP contribution < -0.4 is 0 Å². The monoisotopic (exact) mass is 262 g/mol. The van der Waals surface area contributed by atoms with Crippen LogP contribution in [0.2, 0.25) is 0 Å². The molecule has 0 radical (unpaired) electrons. The normalized spacial score (nSPS) is 11.4. The Morgan fingerprint density at radius 2 is 1.19 bits per heavy atom. The molecule has 0 saturated heterocycles. The van der Waals surface area contributed by atoms with Gasteiger partial charge in [0, 0.05) is 27.1 Å². The first-order chi connectivity index (χ1) is 6.46. The van der Waals surface area contributed by atoms with Gasteiger partial charge in [0.25, 0.3) is 0 Å². The number of carbonyl (C=O) groups excluding carboxylic acids is 3. The van der Waals surface area contributed by atoms with E-state index in [1.54, 1.807) is 41.5 Å². The number of hydrogen-bond donors (Lipinski definition) is 0. The Kier molecular flexibility index (Phi) is 6.42.